The Morgan fingerprint density at radius 1 is 1.20 bits per heavy atom. The summed E-state index contributed by atoms with van der Waals surface area (Å²) in [5.41, 5.74) is 1.73. The van der Waals surface area contributed by atoms with E-state index in [0.717, 1.165) is 18.7 Å². The summed E-state index contributed by atoms with van der Waals surface area (Å²) in [5, 5.41) is 3.71. The molecule has 5 nitrogen and oxygen atoms in total. The number of hydrogen-bond donors (Lipinski definition) is 1. The summed E-state index contributed by atoms with van der Waals surface area (Å²) in [7, 11) is -3.65. The lowest BCUT2D eigenvalue weighted by Crippen LogP contribution is -2.36. The zero-order valence-corrected chi connectivity index (χ0v) is 15.5. The maximum Gasteiger partial charge on any atom is 0.286 e. The first-order chi connectivity index (χ1) is 12.0. The van der Waals surface area contributed by atoms with Crippen molar-refractivity contribution in [3.8, 4) is 0 Å². The maximum absolute atomic E-state index is 12.4. The summed E-state index contributed by atoms with van der Waals surface area (Å²) < 4.78 is 28.9. The largest absolute Gasteiger partial charge is 0.363 e. The normalized spacial score (nSPS) is 21.4. The molecular formula is C18H19N3O2S2. The zero-order chi connectivity index (χ0) is 17.4. The van der Waals surface area contributed by atoms with Crippen LogP contribution in [0.4, 0.5) is 11.4 Å². The summed E-state index contributed by atoms with van der Waals surface area (Å²) in [4.78, 5) is 3.67. The van der Waals surface area contributed by atoms with Crippen LogP contribution in [0.15, 0.2) is 62.7 Å². The molecule has 130 valence electrons. The number of benzene rings is 2. The number of amidine groups is 1. The van der Waals surface area contributed by atoms with Gasteiger partial charge in [-0.3, -0.25) is 0 Å². The quantitative estimate of drug-likeness (QED) is 0.872. The molecule has 1 N–H and O–H groups in total. The van der Waals surface area contributed by atoms with Crippen LogP contribution in [-0.4, -0.2) is 32.6 Å². The Balaban J connectivity index is 1.66. The molecule has 0 amide bonds. The fourth-order valence-electron chi connectivity index (χ4n) is 3.13. The molecule has 0 aliphatic carbocycles. The highest BCUT2D eigenvalue weighted by atomic mass is 32.2. The van der Waals surface area contributed by atoms with Crippen LogP contribution in [0.5, 0.6) is 0 Å². The lowest BCUT2D eigenvalue weighted by Gasteiger charge is -2.27. The van der Waals surface area contributed by atoms with E-state index >= 15 is 0 Å². The van der Waals surface area contributed by atoms with Gasteiger partial charge in [0.2, 0.25) is 0 Å². The van der Waals surface area contributed by atoms with Crippen LogP contribution in [0.1, 0.15) is 13.3 Å². The Morgan fingerprint density at radius 3 is 2.84 bits per heavy atom. The van der Waals surface area contributed by atoms with Crippen molar-refractivity contribution in [1.82, 2.24) is 0 Å². The average Bonchev–Trinajstić information content (AvgIpc) is 2.73. The lowest BCUT2D eigenvalue weighted by atomic mass is 10.2. The molecule has 0 radical (unpaired) electrons. The monoisotopic (exact) mass is 373 g/mol. The smallest absolute Gasteiger partial charge is 0.286 e. The first-order valence-electron chi connectivity index (χ1n) is 8.23. The van der Waals surface area contributed by atoms with Gasteiger partial charge in [-0.25, -0.2) is 0 Å². The Hall–Kier alpha value is -1.99. The summed E-state index contributed by atoms with van der Waals surface area (Å²) >= 11 is 1.87. The number of anilines is 2. The van der Waals surface area contributed by atoms with Crippen LogP contribution >= 0.6 is 11.8 Å². The van der Waals surface area contributed by atoms with E-state index in [1.165, 1.54) is 4.90 Å². The molecule has 0 fully saturated rings. The van der Waals surface area contributed by atoms with E-state index < -0.39 is 10.0 Å². The summed E-state index contributed by atoms with van der Waals surface area (Å²) in [6.45, 7) is 3.54. The minimum Gasteiger partial charge on any atom is -0.363 e. The van der Waals surface area contributed by atoms with Crippen molar-refractivity contribution in [2.24, 2.45) is 4.40 Å². The van der Waals surface area contributed by atoms with Crippen LogP contribution in [0, 0.1) is 0 Å². The number of nitrogens with one attached hydrogen (secondary N) is 1. The molecule has 0 aromatic heterocycles. The van der Waals surface area contributed by atoms with E-state index in [1.54, 1.807) is 18.2 Å². The van der Waals surface area contributed by atoms with Gasteiger partial charge in [-0.05, 0) is 30.7 Å². The van der Waals surface area contributed by atoms with E-state index in [2.05, 4.69) is 33.7 Å². The number of rotatable bonds is 2. The average molecular weight is 374 g/mol. The predicted octanol–water partition coefficient (Wildman–Crippen LogP) is 3.59. The van der Waals surface area contributed by atoms with E-state index in [-0.39, 0.29) is 4.90 Å². The van der Waals surface area contributed by atoms with Crippen LogP contribution in [0.3, 0.4) is 0 Å². The van der Waals surface area contributed by atoms with Crippen LogP contribution in [-0.2, 0) is 10.0 Å². The van der Waals surface area contributed by atoms with Crippen molar-refractivity contribution < 1.29 is 8.42 Å². The van der Waals surface area contributed by atoms with E-state index in [4.69, 9.17) is 0 Å². The third-order valence-electron chi connectivity index (χ3n) is 4.35. The van der Waals surface area contributed by atoms with Gasteiger partial charge in [0.1, 0.15) is 10.7 Å². The van der Waals surface area contributed by atoms with Crippen molar-refractivity contribution in [2.45, 2.75) is 28.4 Å². The number of thioether (sulfide) groups is 1. The second-order valence-corrected chi connectivity index (χ2v) is 9.29. The first-order valence-corrected chi connectivity index (χ1v) is 10.6. The van der Waals surface area contributed by atoms with Crippen LogP contribution in [0.25, 0.3) is 0 Å². The Labute approximate surface area is 152 Å². The zero-order valence-electron chi connectivity index (χ0n) is 13.8. The van der Waals surface area contributed by atoms with Crippen molar-refractivity contribution in [3.05, 3.63) is 48.5 Å². The maximum atomic E-state index is 12.4. The van der Waals surface area contributed by atoms with Gasteiger partial charge in [0.05, 0.1) is 17.9 Å². The van der Waals surface area contributed by atoms with E-state index in [1.807, 2.05) is 30.0 Å². The van der Waals surface area contributed by atoms with E-state index in [9.17, 15) is 8.42 Å². The third-order valence-corrected chi connectivity index (χ3v) is 6.96. The van der Waals surface area contributed by atoms with Gasteiger partial charge in [0.15, 0.2) is 0 Å². The standard InChI is InChI=1S/C18H19N3O2S2/c1-13-10-11-21(15-7-3-4-8-16(15)24-13)12-18-19-14-6-2-5-9-17(14)25(22,23)20-18/h2-9,13H,10-12H2,1H3,(H,19,20). The predicted molar refractivity (Wildman–Crippen MR) is 103 cm³/mol. The van der Waals surface area contributed by atoms with Gasteiger partial charge < -0.3 is 10.2 Å². The summed E-state index contributed by atoms with van der Waals surface area (Å²) in [6, 6.07) is 15.2. The Morgan fingerprint density at radius 2 is 1.96 bits per heavy atom. The van der Waals surface area contributed by atoms with E-state index in [0.29, 0.717) is 23.3 Å². The van der Waals surface area contributed by atoms with Gasteiger partial charge >= 0.3 is 0 Å². The Bertz CT molecular complexity index is 941. The van der Waals surface area contributed by atoms with Crippen LogP contribution in [0.2, 0.25) is 0 Å². The molecule has 2 aromatic rings. The summed E-state index contributed by atoms with van der Waals surface area (Å²) in [5.74, 6) is 0.466. The lowest BCUT2D eigenvalue weighted by molar-refractivity contribution is 0.597. The molecule has 2 aliphatic heterocycles. The van der Waals surface area contributed by atoms with Gasteiger partial charge in [-0.2, -0.15) is 8.42 Å². The second-order valence-electron chi connectivity index (χ2n) is 6.24. The number of nitrogens with zero attached hydrogens (tertiary/aromatic N) is 2. The second kappa shape index (κ2) is 6.38. The highest BCUT2D eigenvalue weighted by molar-refractivity contribution is 8.00. The number of para-hydroxylation sites is 2. The molecule has 2 aromatic carbocycles. The topological polar surface area (TPSA) is 61.8 Å². The first kappa shape index (κ1) is 16.5. The van der Waals surface area contributed by atoms with Gasteiger partial charge in [-0.15, -0.1) is 16.2 Å². The minimum atomic E-state index is -3.65. The fourth-order valence-corrected chi connectivity index (χ4v) is 5.40. The number of sulfonamides is 1. The highest BCUT2D eigenvalue weighted by Crippen LogP contribution is 2.37. The molecule has 2 aliphatic rings. The SMILES string of the molecule is CC1CCN(CC2=NS(=O)(=O)c3ccccc3N2)c2ccccc2S1. The minimum absolute atomic E-state index is 0.235. The molecule has 0 bridgehead atoms. The molecule has 0 saturated carbocycles. The molecule has 7 heteroatoms. The molecule has 0 saturated heterocycles. The fraction of sp³-hybridized carbons (Fsp3) is 0.278. The summed E-state index contributed by atoms with van der Waals surface area (Å²) in [6.07, 6.45) is 1.04. The number of fused-ring (bicyclic) bond motifs is 2. The molecule has 4 rings (SSSR count). The number of hydrogen-bond acceptors (Lipinski definition) is 5. The van der Waals surface area contributed by atoms with Gasteiger partial charge in [0, 0.05) is 16.7 Å². The molecule has 1 unspecified atom stereocenters. The van der Waals surface area contributed by atoms with Crippen molar-refractivity contribution in [3.63, 3.8) is 0 Å². The van der Waals surface area contributed by atoms with Crippen molar-refractivity contribution in [2.75, 3.05) is 23.3 Å². The van der Waals surface area contributed by atoms with Crippen molar-refractivity contribution >= 4 is 39.0 Å². The molecule has 1 atom stereocenters. The molecular weight excluding hydrogens is 354 g/mol. The Kier molecular flexibility index (Phi) is 4.21. The van der Waals surface area contributed by atoms with Gasteiger partial charge in [-0.1, -0.05) is 31.2 Å². The molecule has 2 heterocycles. The third kappa shape index (κ3) is 3.26. The highest BCUT2D eigenvalue weighted by Gasteiger charge is 2.27. The van der Waals surface area contributed by atoms with Crippen LogP contribution < -0.4 is 10.2 Å². The van der Waals surface area contributed by atoms with Gasteiger partial charge in [0.25, 0.3) is 10.0 Å². The molecule has 0 spiro atoms. The van der Waals surface area contributed by atoms with Crippen molar-refractivity contribution in [1.29, 1.82) is 0 Å². The molecule has 25 heavy (non-hydrogen) atoms.